The lowest BCUT2D eigenvalue weighted by Crippen LogP contribution is -2.39. The van der Waals surface area contributed by atoms with Gasteiger partial charge in [0, 0.05) is 4.88 Å². The minimum Gasteiger partial charge on any atom is -0.546 e. The van der Waals surface area contributed by atoms with Gasteiger partial charge in [-0.05, 0) is 23.9 Å². The van der Waals surface area contributed by atoms with E-state index in [9.17, 15) is 9.90 Å². The summed E-state index contributed by atoms with van der Waals surface area (Å²) >= 11 is 13.6. The average Bonchev–Trinajstić information content (AvgIpc) is 2.84. The Balaban J connectivity index is 2.48. The Bertz CT molecular complexity index is 653. The standard InChI is InChI=1S/C13H12Cl2O4S/c1-2-8(13(17)18)19-9-4-6-3-7(5-16)20-12(6)11(15)10(9)14/h3-4,8,16H,2,5H2,1H3,(H,17,18)/p-1. The summed E-state index contributed by atoms with van der Waals surface area (Å²) in [6.45, 7) is 1.57. The zero-order valence-corrected chi connectivity index (χ0v) is 12.8. The highest BCUT2D eigenvalue weighted by Gasteiger charge is 2.17. The molecule has 1 atom stereocenters. The number of carboxylic acids is 1. The van der Waals surface area contributed by atoms with Crippen molar-refractivity contribution in [3.8, 4) is 5.75 Å². The summed E-state index contributed by atoms with van der Waals surface area (Å²) in [5.74, 6) is -1.11. The molecule has 0 radical (unpaired) electrons. The van der Waals surface area contributed by atoms with Crippen LogP contribution in [0.25, 0.3) is 10.1 Å². The molecular weight excluding hydrogens is 323 g/mol. The first kappa shape index (κ1) is 15.4. The number of ether oxygens (including phenoxy) is 1. The lowest BCUT2D eigenvalue weighted by molar-refractivity contribution is -0.313. The van der Waals surface area contributed by atoms with Crippen LogP contribution in [0.2, 0.25) is 10.0 Å². The SMILES string of the molecule is CCC(Oc1cc2cc(CO)sc2c(Cl)c1Cl)C(=O)[O-]. The third kappa shape index (κ3) is 2.86. The number of aliphatic hydroxyl groups is 1. The smallest absolute Gasteiger partial charge is 0.141 e. The molecule has 1 N–H and O–H groups in total. The maximum atomic E-state index is 10.9. The molecule has 0 aliphatic carbocycles. The number of halogens is 2. The van der Waals surface area contributed by atoms with E-state index < -0.39 is 12.1 Å². The fourth-order valence-corrected chi connectivity index (χ4v) is 3.27. The molecule has 4 nitrogen and oxygen atoms in total. The van der Waals surface area contributed by atoms with Crippen molar-refractivity contribution in [1.82, 2.24) is 0 Å². The summed E-state index contributed by atoms with van der Waals surface area (Å²) in [6.07, 6.45) is -0.836. The molecule has 7 heteroatoms. The monoisotopic (exact) mass is 333 g/mol. The van der Waals surface area contributed by atoms with Gasteiger partial charge in [-0.15, -0.1) is 11.3 Å². The van der Waals surface area contributed by atoms with Gasteiger partial charge in [-0.1, -0.05) is 30.1 Å². The Hall–Kier alpha value is -1.01. The van der Waals surface area contributed by atoms with Crippen molar-refractivity contribution in [3.63, 3.8) is 0 Å². The molecule has 20 heavy (non-hydrogen) atoms. The van der Waals surface area contributed by atoms with Crippen LogP contribution in [-0.2, 0) is 11.4 Å². The molecule has 0 aliphatic rings. The van der Waals surface area contributed by atoms with E-state index in [4.69, 9.17) is 33.0 Å². The van der Waals surface area contributed by atoms with Crippen molar-refractivity contribution in [2.24, 2.45) is 0 Å². The van der Waals surface area contributed by atoms with Crippen LogP contribution in [0.5, 0.6) is 5.75 Å². The molecule has 2 aromatic rings. The number of fused-ring (bicyclic) bond motifs is 1. The Morgan fingerprint density at radius 1 is 1.45 bits per heavy atom. The van der Waals surface area contributed by atoms with Crippen molar-refractivity contribution in [3.05, 3.63) is 27.1 Å². The fraction of sp³-hybridized carbons (Fsp3) is 0.308. The van der Waals surface area contributed by atoms with Crippen LogP contribution in [0.15, 0.2) is 12.1 Å². The zero-order valence-electron chi connectivity index (χ0n) is 10.5. The summed E-state index contributed by atoms with van der Waals surface area (Å²) < 4.78 is 6.08. The third-order valence-corrected chi connectivity index (χ3v) is 4.88. The Morgan fingerprint density at radius 2 is 2.15 bits per heavy atom. The van der Waals surface area contributed by atoms with Gasteiger partial charge < -0.3 is 19.7 Å². The third-order valence-electron chi connectivity index (χ3n) is 2.77. The van der Waals surface area contributed by atoms with Crippen LogP contribution in [-0.4, -0.2) is 17.2 Å². The molecule has 0 bridgehead atoms. The number of hydrogen-bond donors (Lipinski definition) is 1. The molecule has 2 rings (SSSR count). The van der Waals surface area contributed by atoms with Crippen LogP contribution >= 0.6 is 34.5 Å². The van der Waals surface area contributed by atoms with Crippen LogP contribution < -0.4 is 9.84 Å². The maximum absolute atomic E-state index is 10.9. The van der Waals surface area contributed by atoms with Crippen molar-refractivity contribution in [1.29, 1.82) is 0 Å². The summed E-state index contributed by atoms with van der Waals surface area (Å²) in [7, 11) is 0. The van der Waals surface area contributed by atoms with Gasteiger partial charge in [0.1, 0.15) is 16.9 Å². The molecule has 1 unspecified atom stereocenters. The molecule has 0 saturated carbocycles. The van der Waals surface area contributed by atoms with Crippen LogP contribution in [0.4, 0.5) is 0 Å². The molecule has 0 spiro atoms. The molecule has 0 fully saturated rings. The van der Waals surface area contributed by atoms with Crippen LogP contribution in [0.1, 0.15) is 18.2 Å². The van der Waals surface area contributed by atoms with E-state index in [1.807, 2.05) is 0 Å². The van der Waals surface area contributed by atoms with Crippen molar-refractivity contribution in [2.75, 3.05) is 0 Å². The lowest BCUT2D eigenvalue weighted by Gasteiger charge is -2.19. The number of carboxylic acid groups (broad SMARTS) is 1. The van der Waals surface area contributed by atoms with Gasteiger partial charge in [0.2, 0.25) is 0 Å². The number of carbonyl (C=O) groups is 1. The van der Waals surface area contributed by atoms with E-state index in [1.54, 1.807) is 19.1 Å². The molecule has 0 amide bonds. The highest BCUT2D eigenvalue weighted by atomic mass is 35.5. The topological polar surface area (TPSA) is 69.6 Å². The summed E-state index contributed by atoms with van der Waals surface area (Å²) in [5, 5.41) is 21.2. The Labute approximate surface area is 129 Å². The number of carbonyl (C=O) groups excluding carboxylic acids is 1. The fourth-order valence-electron chi connectivity index (χ4n) is 1.76. The molecule has 0 saturated heterocycles. The van der Waals surface area contributed by atoms with Crippen LogP contribution in [0.3, 0.4) is 0 Å². The normalized spacial score (nSPS) is 12.6. The van der Waals surface area contributed by atoms with Gasteiger partial charge in [0.15, 0.2) is 0 Å². The van der Waals surface area contributed by atoms with Gasteiger partial charge in [-0.2, -0.15) is 0 Å². The second kappa shape index (κ2) is 6.18. The number of aliphatic hydroxyl groups excluding tert-OH is 1. The molecule has 1 heterocycles. The molecule has 1 aromatic carbocycles. The van der Waals surface area contributed by atoms with Gasteiger partial charge in [0.05, 0.1) is 22.3 Å². The first-order valence-electron chi connectivity index (χ1n) is 5.86. The molecule has 0 aliphatic heterocycles. The van der Waals surface area contributed by atoms with E-state index in [0.29, 0.717) is 0 Å². The van der Waals surface area contributed by atoms with Gasteiger partial charge in [-0.25, -0.2) is 0 Å². The average molecular weight is 334 g/mol. The van der Waals surface area contributed by atoms with E-state index in [0.717, 1.165) is 15.0 Å². The predicted octanol–water partition coefficient (Wildman–Crippen LogP) is 2.61. The van der Waals surface area contributed by atoms with Gasteiger partial charge in [-0.3, -0.25) is 0 Å². The first-order valence-corrected chi connectivity index (χ1v) is 7.44. The Morgan fingerprint density at radius 3 is 2.70 bits per heavy atom. The number of benzene rings is 1. The van der Waals surface area contributed by atoms with Crippen LogP contribution in [0, 0.1) is 0 Å². The second-order valence-corrected chi connectivity index (χ2v) is 6.02. The second-order valence-electron chi connectivity index (χ2n) is 4.13. The van der Waals surface area contributed by atoms with Crippen molar-refractivity contribution < 1.29 is 19.7 Å². The van der Waals surface area contributed by atoms with E-state index >= 15 is 0 Å². The van der Waals surface area contributed by atoms with Crippen molar-refractivity contribution >= 4 is 50.6 Å². The van der Waals surface area contributed by atoms with E-state index in [2.05, 4.69) is 0 Å². The number of hydrogen-bond acceptors (Lipinski definition) is 5. The van der Waals surface area contributed by atoms with E-state index in [1.165, 1.54) is 11.3 Å². The highest BCUT2D eigenvalue weighted by Crippen LogP contribution is 2.42. The number of thiophene rings is 1. The van der Waals surface area contributed by atoms with Gasteiger partial charge in [0.25, 0.3) is 0 Å². The van der Waals surface area contributed by atoms with Gasteiger partial charge >= 0.3 is 0 Å². The quantitative estimate of drug-likeness (QED) is 0.913. The molecule has 108 valence electrons. The lowest BCUT2D eigenvalue weighted by atomic mass is 10.2. The molecule has 1 aromatic heterocycles. The largest absolute Gasteiger partial charge is 0.546 e. The molecular formula is C13H11Cl2O4S-. The zero-order chi connectivity index (χ0) is 14.9. The predicted molar refractivity (Wildman–Crippen MR) is 77.5 cm³/mol. The van der Waals surface area contributed by atoms with Crippen molar-refractivity contribution in [2.45, 2.75) is 26.1 Å². The summed E-state index contributed by atoms with van der Waals surface area (Å²) in [6, 6.07) is 3.37. The Kier molecular flexibility index (Phi) is 4.75. The number of aliphatic carboxylic acids is 1. The number of rotatable bonds is 5. The minimum absolute atomic E-state index is 0.0971. The highest BCUT2D eigenvalue weighted by molar-refractivity contribution is 7.19. The summed E-state index contributed by atoms with van der Waals surface area (Å²) in [5.41, 5.74) is 0. The summed E-state index contributed by atoms with van der Waals surface area (Å²) in [4.78, 5) is 11.6. The minimum atomic E-state index is -1.30. The first-order chi connectivity index (χ1) is 9.47. The van der Waals surface area contributed by atoms with E-state index in [-0.39, 0.29) is 28.8 Å². The maximum Gasteiger partial charge on any atom is 0.141 e.